The SMILES string of the molecule is Cc1ccc(Br)cc1OCCS(=O)(=O)C(C)C. The molecule has 1 aromatic carbocycles. The minimum atomic E-state index is -3.03. The Morgan fingerprint density at radius 3 is 2.59 bits per heavy atom. The molecule has 0 bridgehead atoms. The van der Waals surface area contributed by atoms with Crippen molar-refractivity contribution in [2.45, 2.75) is 26.0 Å². The van der Waals surface area contributed by atoms with Crippen LogP contribution in [0.3, 0.4) is 0 Å². The highest BCUT2D eigenvalue weighted by Crippen LogP contribution is 2.22. The van der Waals surface area contributed by atoms with E-state index in [1.54, 1.807) is 13.8 Å². The molecule has 1 rings (SSSR count). The van der Waals surface area contributed by atoms with E-state index in [1.807, 2.05) is 25.1 Å². The highest BCUT2D eigenvalue weighted by Gasteiger charge is 2.16. The van der Waals surface area contributed by atoms with Crippen LogP contribution in [-0.4, -0.2) is 26.0 Å². The first-order valence-corrected chi connectivity index (χ1v) is 7.94. The van der Waals surface area contributed by atoms with Crippen LogP contribution in [-0.2, 0) is 9.84 Å². The number of ether oxygens (including phenoxy) is 1. The lowest BCUT2D eigenvalue weighted by Gasteiger charge is -2.11. The number of aryl methyl sites for hydroxylation is 1. The summed E-state index contributed by atoms with van der Waals surface area (Å²) in [7, 11) is -3.03. The summed E-state index contributed by atoms with van der Waals surface area (Å²) in [5.41, 5.74) is 0.996. The van der Waals surface area contributed by atoms with E-state index in [9.17, 15) is 8.42 Å². The van der Waals surface area contributed by atoms with Gasteiger partial charge in [0.2, 0.25) is 0 Å². The lowest BCUT2D eigenvalue weighted by molar-refractivity contribution is 0.338. The van der Waals surface area contributed by atoms with Gasteiger partial charge in [-0.25, -0.2) is 8.42 Å². The van der Waals surface area contributed by atoms with Crippen LogP contribution in [0.1, 0.15) is 19.4 Å². The first-order chi connectivity index (χ1) is 7.83. The maximum atomic E-state index is 11.6. The summed E-state index contributed by atoms with van der Waals surface area (Å²) in [5, 5.41) is -0.352. The van der Waals surface area contributed by atoms with Crippen molar-refractivity contribution in [3.63, 3.8) is 0 Å². The Kier molecular flexibility index (Phi) is 5.01. The molecule has 1 aromatic rings. The van der Waals surface area contributed by atoms with E-state index in [2.05, 4.69) is 15.9 Å². The molecule has 0 aliphatic rings. The van der Waals surface area contributed by atoms with Crippen molar-refractivity contribution < 1.29 is 13.2 Å². The third-order valence-corrected chi connectivity index (χ3v) is 5.16. The topological polar surface area (TPSA) is 43.4 Å². The molecule has 3 nitrogen and oxygen atoms in total. The largest absolute Gasteiger partial charge is 0.492 e. The smallest absolute Gasteiger partial charge is 0.155 e. The van der Waals surface area contributed by atoms with Crippen molar-refractivity contribution in [1.82, 2.24) is 0 Å². The molecule has 0 saturated heterocycles. The van der Waals surface area contributed by atoms with Crippen molar-refractivity contribution in [3.05, 3.63) is 28.2 Å². The number of halogens is 1. The van der Waals surface area contributed by atoms with Crippen LogP contribution in [0.25, 0.3) is 0 Å². The minimum absolute atomic E-state index is 0.0522. The number of hydrogen-bond donors (Lipinski definition) is 0. The molecular weight excluding hydrogens is 304 g/mol. The van der Waals surface area contributed by atoms with Gasteiger partial charge in [-0.05, 0) is 38.5 Å². The summed E-state index contributed by atoms with van der Waals surface area (Å²) in [6.45, 7) is 5.48. The van der Waals surface area contributed by atoms with Gasteiger partial charge in [0.25, 0.3) is 0 Å². The molecule has 0 N–H and O–H groups in total. The summed E-state index contributed by atoms with van der Waals surface area (Å²) in [5.74, 6) is 0.773. The van der Waals surface area contributed by atoms with Crippen LogP contribution < -0.4 is 4.74 Å². The zero-order chi connectivity index (χ0) is 13.1. The highest BCUT2D eigenvalue weighted by atomic mass is 79.9. The Balaban J connectivity index is 2.60. The first kappa shape index (κ1) is 14.5. The van der Waals surface area contributed by atoms with Crippen molar-refractivity contribution >= 4 is 25.8 Å². The van der Waals surface area contributed by atoms with Crippen molar-refractivity contribution in [3.8, 4) is 5.75 Å². The Morgan fingerprint density at radius 2 is 2.00 bits per heavy atom. The predicted octanol–water partition coefficient (Wildman–Crippen LogP) is 2.96. The van der Waals surface area contributed by atoms with Gasteiger partial charge in [-0.1, -0.05) is 22.0 Å². The molecule has 0 fully saturated rings. The fourth-order valence-electron chi connectivity index (χ4n) is 1.23. The third kappa shape index (κ3) is 4.32. The fraction of sp³-hybridized carbons (Fsp3) is 0.500. The molecule has 0 saturated carbocycles. The summed E-state index contributed by atoms with van der Waals surface area (Å²) in [4.78, 5) is 0. The molecule has 5 heteroatoms. The fourth-order valence-corrected chi connectivity index (χ4v) is 2.36. The zero-order valence-corrected chi connectivity index (χ0v) is 12.6. The van der Waals surface area contributed by atoms with Crippen LogP contribution in [0.5, 0.6) is 5.75 Å². The van der Waals surface area contributed by atoms with Gasteiger partial charge in [-0.3, -0.25) is 0 Å². The number of sulfone groups is 1. The Morgan fingerprint density at radius 1 is 1.35 bits per heavy atom. The molecule has 0 spiro atoms. The van der Waals surface area contributed by atoms with E-state index in [-0.39, 0.29) is 17.6 Å². The van der Waals surface area contributed by atoms with E-state index < -0.39 is 9.84 Å². The normalized spacial score (nSPS) is 11.8. The van der Waals surface area contributed by atoms with E-state index in [1.165, 1.54) is 0 Å². The van der Waals surface area contributed by atoms with E-state index in [0.717, 1.165) is 15.8 Å². The van der Waals surface area contributed by atoms with Gasteiger partial charge >= 0.3 is 0 Å². The quantitative estimate of drug-likeness (QED) is 0.837. The van der Waals surface area contributed by atoms with Crippen molar-refractivity contribution in [2.24, 2.45) is 0 Å². The van der Waals surface area contributed by atoms with E-state index >= 15 is 0 Å². The average molecular weight is 321 g/mol. The van der Waals surface area contributed by atoms with E-state index in [0.29, 0.717) is 0 Å². The second-order valence-electron chi connectivity index (χ2n) is 4.17. The van der Waals surface area contributed by atoms with Gasteiger partial charge in [0, 0.05) is 4.47 Å². The molecule has 0 heterocycles. The molecule has 0 aliphatic heterocycles. The lowest BCUT2D eigenvalue weighted by Crippen LogP contribution is -2.22. The van der Waals surface area contributed by atoms with Crippen LogP contribution in [0.15, 0.2) is 22.7 Å². The Labute approximate surface area is 111 Å². The average Bonchev–Trinajstić information content (AvgIpc) is 2.22. The highest BCUT2D eigenvalue weighted by molar-refractivity contribution is 9.10. The van der Waals surface area contributed by atoms with Gasteiger partial charge in [-0.2, -0.15) is 0 Å². The molecule has 0 unspecified atom stereocenters. The molecular formula is C12H17BrO3S. The molecule has 0 aliphatic carbocycles. The second-order valence-corrected chi connectivity index (χ2v) is 7.77. The van der Waals surface area contributed by atoms with Crippen LogP contribution >= 0.6 is 15.9 Å². The monoisotopic (exact) mass is 320 g/mol. The summed E-state index contributed by atoms with van der Waals surface area (Å²) in [6.07, 6.45) is 0. The zero-order valence-electron chi connectivity index (χ0n) is 10.2. The predicted molar refractivity (Wildman–Crippen MR) is 73.3 cm³/mol. The van der Waals surface area contributed by atoms with Crippen LogP contribution in [0.2, 0.25) is 0 Å². The minimum Gasteiger partial charge on any atom is -0.492 e. The van der Waals surface area contributed by atoms with Crippen LogP contribution in [0, 0.1) is 6.92 Å². The summed E-state index contributed by atoms with van der Waals surface area (Å²) >= 11 is 3.35. The maximum Gasteiger partial charge on any atom is 0.155 e. The number of benzene rings is 1. The van der Waals surface area contributed by atoms with Gasteiger partial charge in [0.05, 0.1) is 11.0 Å². The number of hydrogen-bond acceptors (Lipinski definition) is 3. The van der Waals surface area contributed by atoms with Crippen molar-refractivity contribution in [2.75, 3.05) is 12.4 Å². The molecule has 0 aromatic heterocycles. The van der Waals surface area contributed by atoms with Gasteiger partial charge in [0.15, 0.2) is 9.84 Å². The molecule has 0 amide bonds. The number of rotatable bonds is 5. The molecule has 17 heavy (non-hydrogen) atoms. The first-order valence-electron chi connectivity index (χ1n) is 5.43. The maximum absolute atomic E-state index is 11.6. The van der Waals surface area contributed by atoms with E-state index in [4.69, 9.17) is 4.74 Å². The molecule has 0 atom stereocenters. The van der Waals surface area contributed by atoms with Gasteiger partial charge in [0.1, 0.15) is 12.4 Å². The summed E-state index contributed by atoms with van der Waals surface area (Å²) < 4.78 is 29.6. The lowest BCUT2D eigenvalue weighted by atomic mass is 10.2. The van der Waals surface area contributed by atoms with Crippen molar-refractivity contribution in [1.29, 1.82) is 0 Å². The molecule has 96 valence electrons. The standard InChI is InChI=1S/C12H17BrO3S/c1-9(2)17(14,15)7-6-16-12-8-11(13)5-4-10(12)3/h4-5,8-9H,6-7H2,1-3H3. The third-order valence-electron chi connectivity index (χ3n) is 2.49. The Bertz CT molecular complexity index is 481. The Hall–Kier alpha value is -0.550. The van der Waals surface area contributed by atoms with Gasteiger partial charge < -0.3 is 4.74 Å². The van der Waals surface area contributed by atoms with Gasteiger partial charge in [-0.15, -0.1) is 0 Å². The second kappa shape index (κ2) is 5.87. The molecule has 0 radical (unpaired) electrons. The van der Waals surface area contributed by atoms with Crippen LogP contribution in [0.4, 0.5) is 0 Å². The summed E-state index contributed by atoms with van der Waals surface area (Å²) in [6, 6.07) is 5.70.